The number of allylic oxidation sites excluding steroid dienone is 2. The van der Waals surface area contributed by atoms with Gasteiger partial charge in [0.05, 0.1) is 42.7 Å². The number of hydrogen-bond donors (Lipinski definition) is 2. The van der Waals surface area contributed by atoms with Crippen molar-refractivity contribution in [2.75, 3.05) is 26.9 Å². The molecular formula is C37H61NO6. The van der Waals surface area contributed by atoms with Crippen molar-refractivity contribution in [3.8, 4) is 0 Å². The number of fused-ring (bicyclic) bond motifs is 6. The summed E-state index contributed by atoms with van der Waals surface area (Å²) >= 11 is 0. The van der Waals surface area contributed by atoms with E-state index in [0.717, 1.165) is 57.4 Å². The van der Waals surface area contributed by atoms with Gasteiger partial charge in [0.15, 0.2) is 0 Å². The molecule has 9 atom stereocenters. The summed E-state index contributed by atoms with van der Waals surface area (Å²) in [6, 6.07) is 0.129. The van der Waals surface area contributed by atoms with Crippen LogP contribution in [0.4, 0.5) is 4.79 Å². The molecule has 2 aliphatic heterocycles. The summed E-state index contributed by atoms with van der Waals surface area (Å²) in [5.41, 5.74) is 4.38. The van der Waals surface area contributed by atoms with Gasteiger partial charge in [-0.05, 0) is 119 Å². The number of amides is 1. The SMILES string of the molecule is CC1=C2CC3C(CC=C4CC(O)CCC43C)C2CCC12CC1C(CC(C)CN1C(=O)OCCC(C)C)O2.COC(C)(C)CO. The second kappa shape index (κ2) is 13.0. The van der Waals surface area contributed by atoms with E-state index < -0.39 is 0 Å². The zero-order chi connectivity index (χ0) is 32.0. The summed E-state index contributed by atoms with van der Waals surface area (Å²) < 4.78 is 17.6. The van der Waals surface area contributed by atoms with Gasteiger partial charge >= 0.3 is 6.09 Å². The molecule has 7 heteroatoms. The number of likely N-dealkylation sites (tertiary alicyclic amines) is 1. The van der Waals surface area contributed by atoms with Crippen LogP contribution in [0.5, 0.6) is 0 Å². The molecule has 250 valence electrons. The zero-order valence-corrected chi connectivity index (χ0v) is 28.9. The number of rotatable bonds is 5. The maximum absolute atomic E-state index is 13.2. The highest BCUT2D eigenvalue weighted by atomic mass is 16.6. The van der Waals surface area contributed by atoms with Crippen LogP contribution in [0.15, 0.2) is 22.8 Å². The van der Waals surface area contributed by atoms with E-state index in [-0.39, 0.29) is 47.6 Å². The molecule has 2 saturated carbocycles. The Hall–Kier alpha value is -1.41. The molecule has 0 bridgehead atoms. The summed E-state index contributed by atoms with van der Waals surface area (Å²) in [7, 11) is 1.58. The molecule has 7 nitrogen and oxygen atoms in total. The van der Waals surface area contributed by atoms with Crippen LogP contribution in [0, 0.1) is 35.0 Å². The molecule has 44 heavy (non-hydrogen) atoms. The minimum Gasteiger partial charge on any atom is -0.449 e. The molecule has 0 aromatic rings. The van der Waals surface area contributed by atoms with Gasteiger partial charge in [-0.25, -0.2) is 4.79 Å². The van der Waals surface area contributed by atoms with Gasteiger partial charge in [0.1, 0.15) is 0 Å². The fraction of sp³-hybridized carbons (Fsp3) is 0.865. The Morgan fingerprint density at radius 1 is 1.23 bits per heavy atom. The molecule has 6 rings (SSSR count). The van der Waals surface area contributed by atoms with Crippen LogP contribution in [0.1, 0.15) is 113 Å². The van der Waals surface area contributed by atoms with Crippen LogP contribution in [0.2, 0.25) is 0 Å². The van der Waals surface area contributed by atoms with Crippen LogP contribution < -0.4 is 0 Å². The Balaban J connectivity index is 0.000000493. The molecule has 2 saturated heterocycles. The molecular weight excluding hydrogens is 554 g/mol. The molecule has 6 aliphatic rings. The average Bonchev–Trinajstić information content (AvgIpc) is 3.55. The Labute approximate surface area is 266 Å². The zero-order valence-electron chi connectivity index (χ0n) is 28.9. The first kappa shape index (κ1) is 33.9. The molecule has 9 unspecified atom stereocenters. The largest absolute Gasteiger partial charge is 0.449 e. The number of carbonyl (C=O) groups excluding carboxylic acids is 1. The van der Waals surface area contributed by atoms with Crippen molar-refractivity contribution in [1.29, 1.82) is 0 Å². The van der Waals surface area contributed by atoms with E-state index in [0.29, 0.717) is 30.3 Å². The van der Waals surface area contributed by atoms with Gasteiger partial charge < -0.3 is 29.3 Å². The van der Waals surface area contributed by atoms with E-state index >= 15 is 0 Å². The van der Waals surface area contributed by atoms with Crippen molar-refractivity contribution in [3.63, 3.8) is 0 Å². The molecule has 4 aliphatic carbocycles. The Bertz CT molecular complexity index is 1110. The van der Waals surface area contributed by atoms with Gasteiger partial charge in [0, 0.05) is 20.1 Å². The normalized spacial score (nSPS) is 39.7. The number of nitrogens with zero attached hydrogens (tertiary/aromatic N) is 1. The van der Waals surface area contributed by atoms with Crippen molar-refractivity contribution in [3.05, 3.63) is 22.8 Å². The fourth-order valence-corrected chi connectivity index (χ4v) is 9.51. The Morgan fingerprint density at radius 3 is 2.64 bits per heavy atom. The maximum Gasteiger partial charge on any atom is 0.410 e. The van der Waals surface area contributed by atoms with Crippen LogP contribution in [-0.4, -0.2) is 77.5 Å². The number of hydrogen-bond acceptors (Lipinski definition) is 6. The first-order valence-electron chi connectivity index (χ1n) is 17.6. The van der Waals surface area contributed by atoms with Crippen molar-refractivity contribution in [2.24, 2.45) is 35.0 Å². The monoisotopic (exact) mass is 615 g/mol. The van der Waals surface area contributed by atoms with Crippen LogP contribution in [0.3, 0.4) is 0 Å². The molecule has 1 amide bonds. The number of aliphatic hydroxyl groups excluding tert-OH is 2. The molecule has 4 fully saturated rings. The molecule has 2 N–H and O–H groups in total. The summed E-state index contributed by atoms with van der Waals surface area (Å²) in [6.45, 7) is 16.5. The Kier molecular flexibility index (Phi) is 10.0. The van der Waals surface area contributed by atoms with E-state index in [1.165, 1.54) is 30.4 Å². The third-order valence-electron chi connectivity index (χ3n) is 12.6. The lowest BCUT2D eigenvalue weighted by molar-refractivity contribution is -0.0595. The third-order valence-corrected chi connectivity index (χ3v) is 12.6. The second-order valence-corrected chi connectivity index (χ2v) is 16.4. The van der Waals surface area contributed by atoms with E-state index in [9.17, 15) is 9.90 Å². The van der Waals surface area contributed by atoms with Crippen LogP contribution >= 0.6 is 0 Å². The Morgan fingerprint density at radius 2 is 1.98 bits per heavy atom. The van der Waals surface area contributed by atoms with Gasteiger partial charge in [0.25, 0.3) is 0 Å². The van der Waals surface area contributed by atoms with E-state index in [2.05, 4.69) is 40.7 Å². The molecule has 1 spiro atoms. The lowest BCUT2D eigenvalue weighted by Crippen LogP contribution is -2.51. The minimum absolute atomic E-state index is 0.0729. The second-order valence-electron chi connectivity index (χ2n) is 16.4. The van der Waals surface area contributed by atoms with Crippen LogP contribution in [-0.2, 0) is 14.2 Å². The number of carbonyl (C=O) groups is 1. The van der Waals surface area contributed by atoms with Gasteiger partial charge in [-0.2, -0.15) is 0 Å². The van der Waals surface area contributed by atoms with E-state index in [4.69, 9.17) is 19.3 Å². The van der Waals surface area contributed by atoms with Gasteiger partial charge in [-0.1, -0.05) is 44.9 Å². The van der Waals surface area contributed by atoms with Crippen molar-refractivity contribution < 1.29 is 29.2 Å². The average molecular weight is 616 g/mol. The predicted molar refractivity (Wildman–Crippen MR) is 173 cm³/mol. The van der Waals surface area contributed by atoms with E-state index in [1.807, 2.05) is 18.7 Å². The predicted octanol–water partition coefficient (Wildman–Crippen LogP) is 7.05. The molecule has 2 heterocycles. The number of aliphatic hydroxyl groups is 2. The third kappa shape index (κ3) is 6.41. The van der Waals surface area contributed by atoms with Crippen molar-refractivity contribution in [1.82, 2.24) is 4.90 Å². The molecule has 0 aromatic heterocycles. The van der Waals surface area contributed by atoms with Crippen LogP contribution in [0.25, 0.3) is 0 Å². The lowest BCUT2D eigenvalue weighted by Gasteiger charge is -2.49. The topological polar surface area (TPSA) is 88.5 Å². The van der Waals surface area contributed by atoms with Gasteiger partial charge in [-0.15, -0.1) is 0 Å². The highest BCUT2D eigenvalue weighted by Crippen LogP contribution is 2.64. The number of piperidine rings is 1. The smallest absolute Gasteiger partial charge is 0.410 e. The maximum atomic E-state index is 13.2. The highest BCUT2D eigenvalue weighted by molar-refractivity contribution is 5.68. The standard InChI is InChI=1S/C32H49NO4.C5H12O2/c1-19(2)10-13-36-30(35)33-18-20(3)14-29-28(33)17-32(37-29)12-9-24-25-7-6-22-15-23(34)8-11-31(22,5)27(25)16-26(24)21(32)4;1-5(2,4-6)7-3/h6,19-20,23-25,27-29,34H,7-18H2,1-5H3;6H,4H2,1-3H3. The molecule has 0 radical (unpaired) electrons. The summed E-state index contributed by atoms with van der Waals surface area (Å²) in [6.07, 6.45) is 12.8. The first-order valence-corrected chi connectivity index (χ1v) is 17.6. The minimum atomic E-state index is -0.361. The summed E-state index contributed by atoms with van der Waals surface area (Å²) in [5, 5.41) is 18.8. The molecule has 0 aromatic carbocycles. The summed E-state index contributed by atoms with van der Waals surface area (Å²) in [4.78, 5) is 15.2. The quantitative estimate of drug-likeness (QED) is 0.322. The van der Waals surface area contributed by atoms with Crippen molar-refractivity contribution in [2.45, 2.75) is 142 Å². The fourth-order valence-electron chi connectivity index (χ4n) is 9.51. The van der Waals surface area contributed by atoms with Gasteiger partial charge in [-0.3, -0.25) is 0 Å². The first-order chi connectivity index (χ1) is 20.7. The number of methoxy groups -OCH3 is 1. The highest BCUT2D eigenvalue weighted by Gasteiger charge is 2.59. The van der Waals surface area contributed by atoms with E-state index in [1.54, 1.807) is 12.7 Å². The lowest BCUT2D eigenvalue weighted by atomic mass is 9.56. The number of ether oxygens (including phenoxy) is 3. The van der Waals surface area contributed by atoms with Gasteiger partial charge in [0.2, 0.25) is 0 Å². The van der Waals surface area contributed by atoms with Crippen molar-refractivity contribution >= 4 is 6.09 Å². The summed E-state index contributed by atoms with van der Waals surface area (Å²) in [5.74, 6) is 3.08.